The minimum atomic E-state index is -1.75. The second-order valence-electron chi connectivity index (χ2n) is 8.76. The third-order valence-corrected chi connectivity index (χ3v) is 8.19. The van der Waals surface area contributed by atoms with E-state index in [2.05, 4.69) is 5.32 Å². The van der Waals surface area contributed by atoms with Gasteiger partial charge >= 0.3 is 53.4 Å². The SMILES string of the molecule is CO[C@]1(NC(=O)Cc2cccs2)C(=O)N2C(C(=O)O)=C(COC(=O)c3ccc(OC(C)=O)c(OC(C)=O)c3)CS[C@H]21.[NaH]. The molecular weight excluding hydrogens is 603 g/mol. The quantitative estimate of drug-likeness (QED) is 0.126. The van der Waals surface area contributed by atoms with Crippen LogP contribution in [0.25, 0.3) is 0 Å². The van der Waals surface area contributed by atoms with Crippen molar-refractivity contribution in [3.8, 4) is 11.5 Å². The zero-order valence-corrected chi connectivity index (χ0v) is 23.6. The van der Waals surface area contributed by atoms with Gasteiger partial charge in [0.05, 0.1) is 12.0 Å². The average molecular weight is 629 g/mol. The Morgan fingerprint density at radius 1 is 1.10 bits per heavy atom. The van der Waals surface area contributed by atoms with Crippen LogP contribution in [0.15, 0.2) is 47.0 Å². The molecule has 3 heterocycles. The Balaban J connectivity index is 0.00000484. The van der Waals surface area contributed by atoms with E-state index in [1.165, 1.54) is 30.6 Å². The summed E-state index contributed by atoms with van der Waals surface area (Å²) in [5.74, 6) is -5.16. The molecule has 0 saturated carbocycles. The molecule has 0 radical (unpaired) electrons. The number of aliphatic carboxylic acids is 1. The van der Waals surface area contributed by atoms with Gasteiger partial charge in [-0.05, 0) is 29.6 Å². The van der Waals surface area contributed by atoms with E-state index < -0.39 is 53.4 Å². The van der Waals surface area contributed by atoms with Crippen LogP contribution in [0.3, 0.4) is 0 Å². The summed E-state index contributed by atoms with van der Waals surface area (Å²) in [4.78, 5) is 75.4. The van der Waals surface area contributed by atoms with Gasteiger partial charge in [0, 0.05) is 37.2 Å². The molecule has 2 atom stereocenters. The average Bonchev–Trinajstić information content (AvgIpc) is 3.42. The maximum atomic E-state index is 13.2. The molecule has 218 valence electrons. The van der Waals surface area contributed by atoms with Crippen LogP contribution in [0.4, 0.5) is 0 Å². The van der Waals surface area contributed by atoms with Crippen molar-refractivity contribution in [2.45, 2.75) is 31.4 Å². The van der Waals surface area contributed by atoms with Crippen molar-refractivity contribution in [2.24, 2.45) is 0 Å². The van der Waals surface area contributed by atoms with Crippen LogP contribution < -0.4 is 14.8 Å². The normalized spacial score (nSPS) is 19.1. The molecule has 2 amide bonds. The number of β-lactam (4-membered cyclic amide) rings is 1. The van der Waals surface area contributed by atoms with Crippen LogP contribution in [0.2, 0.25) is 0 Å². The van der Waals surface area contributed by atoms with Gasteiger partial charge in [-0.15, -0.1) is 23.1 Å². The molecule has 1 saturated heterocycles. The van der Waals surface area contributed by atoms with Crippen molar-refractivity contribution in [1.82, 2.24) is 10.2 Å². The number of amides is 2. The van der Waals surface area contributed by atoms with E-state index in [1.807, 2.05) is 5.38 Å². The summed E-state index contributed by atoms with van der Waals surface area (Å²) in [6, 6.07) is 7.23. The van der Waals surface area contributed by atoms with Gasteiger partial charge in [-0.2, -0.15) is 0 Å². The Bertz CT molecular complexity index is 1460. The van der Waals surface area contributed by atoms with E-state index in [4.69, 9.17) is 18.9 Å². The summed E-state index contributed by atoms with van der Waals surface area (Å²) < 4.78 is 20.7. The van der Waals surface area contributed by atoms with E-state index in [0.717, 1.165) is 41.5 Å². The number of thioether (sulfide) groups is 1. The molecule has 0 spiro atoms. The molecule has 4 rings (SSSR count). The number of rotatable bonds is 10. The van der Waals surface area contributed by atoms with Gasteiger partial charge in [0.25, 0.3) is 11.6 Å². The number of fused-ring (bicyclic) bond motifs is 1. The van der Waals surface area contributed by atoms with Gasteiger partial charge < -0.3 is 29.4 Å². The molecule has 2 aliphatic heterocycles. The first-order valence-electron chi connectivity index (χ1n) is 11.9. The third kappa shape index (κ3) is 6.88. The van der Waals surface area contributed by atoms with Crippen molar-refractivity contribution in [3.63, 3.8) is 0 Å². The number of hydrogen-bond acceptors (Lipinski definition) is 12. The zero-order chi connectivity index (χ0) is 29.9. The fourth-order valence-corrected chi connectivity index (χ4v) is 6.35. The molecule has 1 fully saturated rings. The van der Waals surface area contributed by atoms with Crippen LogP contribution in [-0.2, 0) is 39.9 Å². The molecule has 2 N–H and O–H groups in total. The summed E-state index contributed by atoms with van der Waals surface area (Å²) in [6.45, 7) is 1.81. The fraction of sp³-hybridized carbons (Fsp3) is 0.308. The Kier molecular flexibility index (Phi) is 11.0. The predicted molar refractivity (Wildman–Crippen MR) is 150 cm³/mol. The van der Waals surface area contributed by atoms with Gasteiger partial charge in [0.15, 0.2) is 11.5 Å². The topological polar surface area (TPSA) is 175 Å². The standard InChI is InChI=1S/C26H24N2O11S2.Na.H/c1-13(29)38-18-7-6-15(9-19(18)39-14(2)30)23(34)37-11-16-12-41-25-26(36-3,24(35)28(25)21(16)22(32)33)27-20(31)10-17-5-4-8-40-17;;/h4-9,25H,10-12H2,1-3H3,(H,27,31)(H,32,33);;/t25-,26+;;/m0../s1. The first-order chi connectivity index (χ1) is 19.5. The Morgan fingerprint density at radius 2 is 1.79 bits per heavy atom. The molecule has 1 aromatic carbocycles. The van der Waals surface area contributed by atoms with Crippen LogP contribution >= 0.6 is 23.1 Å². The number of thiophene rings is 1. The van der Waals surface area contributed by atoms with E-state index in [9.17, 15) is 33.9 Å². The first kappa shape index (κ1) is 33.3. The summed E-state index contributed by atoms with van der Waals surface area (Å²) >= 11 is 2.52. The Hall–Kier alpha value is -3.21. The van der Waals surface area contributed by atoms with Crippen molar-refractivity contribution in [2.75, 3.05) is 19.5 Å². The molecule has 1 aromatic heterocycles. The van der Waals surface area contributed by atoms with E-state index in [1.54, 1.807) is 12.1 Å². The molecule has 2 aliphatic rings. The van der Waals surface area contributed by atoms with E-state index in [-0.39, 0.29) is 70.1 Å². The monoisotopic (exact) mass is 628 g/mol. The molecule has 16 heteroatoms. The fourth-order valence-electron chi connectivity index (χ4n) is 4.22. The first-order valence-corrected chi connectivity index (χ1v) is 13.9. The van der Waals surface area contributed by atoms with Gasteiger partial charge in [-0.3, -0.25) is 24.1 Å². The number of methoxy groups -OCH3 is 1. The van der Waals surface area contributed by atoms with Crippen molar-refractivity contribution in [3.05, 3.63) is 57.4 Å². The Morgan fingerprint density at radius 3 is 2.38 bits per heavy atom. The van der Waals surface area contributed by atoms with E-state index >= 15 is 0 Å². The van der Waals surface area contributed by atoms with Crippen molar-refractivity contribution in [1.29, 1.82) is 0 Å². The molecule has 0 unspecified atom stereocenters. The molecule has 0 aliphatic carbocycles. The van der Waals surface area contributed by atoms with Crippen LogP contribution in [-0.4, -0.2) is 106 Å². The third-order valence-electron chi connectivity index (χ3n) is 5.94. The number of ether oxygens (including phenoxy) is 4. The number of carboxylic acids is 1. The zero-order valence-electron chi connectivity index (χ0n) is 22.0. The number of nitrogens with one attached hydrogen (secondary N) is 1. The van der Waals surface area contributed by atoms with Crippen molar-refractivity contribution < 1.29 is 52.8 Å². The second-order valence-corrected chi connectivity index (χ2v) is 10.9. The van der Waals surface area contributed by atoms with Crippen LogP contribution in [0.1, 0.15) is 29.1 Å². The number of carboxylic acid groups (broad SMARTS) is 1. The molecular formula is C26H25N2NaO11S2. The number of benzene rings is 1. The number of hydrogen-bond donors (Lipinski definition) is 2. The van der Waals surface area contributed by atoms with Crippen LogP contribution in [0.5, 0.6) is 11.5 Å². The molecule has 42 heavy (non-hydrogen) atoms. The van der Waals surface area contributed by atoms with Crippen molar-refractivity contribution >= 4 is 88.3 Å². The molecule has 0 bridgehead atoms. The summed E-state index contributed by atoms with van der Waals surface area (Å²) in [5.41, 5.74) is -2.05. The summed E-state index contributed by atoms with van der Waals surface area (Å²) in [6.07, 6.45) is 0.0251. The summed E-state index contributed by atoms with van der Waals surface area (Å²) in [7, 11) is 1.25. The van der Waals surface area contributed by atoms with Gasteiger partial charge in [0.2, 0.25) is 5.91 Å². The number of carbonyl (C=O) groups excluding carboxylic acids is 5. The Labute approximate surface area is 269 Å². The van der Waals surface area contributed by atoms with Gasteiger partial charge in [0.1, 0.15) is 17.7 Å². The molecule has 2 aromatic rings. The van der Waals surface area contributed by atoms with Gasteiger partial charge in [-0.1, -0.05) is 6.07 Å². The van der Waals surface area contributed by atoms with Gasteiger partial charge in [-0.25, -0.2) is 9.59 Å². The maximum absolute atomic E-state index is 13.2. The second kappa shape index (κ2) is 13.8. The number of esters is 3. The number of carbonyl (C=O) groups is 6. The molecule has 13 nitrogen and oxygen atoms in total. The van der Waals surface area contributed by atoms with Crippen LogP contribution in [0, 0.1) is 0 Å². The predicted octanol–water partition coefficient (Wildman–Crippen LogP) is 1.06. The minimum absolute atomic E-state index is 0. The number of nitrogens with zero attached hydrogens (tertiary/aromatic N) is 1. The van der Waals surface area contributed by atoms with E-state index in [0.29, 0.717) is 0 Å². The summed E-state index contributed by atoms with van der Waals surface area (Å²) in [5, 5.41) is 13.5.